The Morgan fingerprint density at radius 1 is 1.47 bits per heavy atom. The fraction of sp³-hybridized carbons (Fsp3) is 0.182. The zero-order valence-electron chi connectivity index (χ0n) is 9.41. The van der Waals surface area contributed by atoms with Crippen LogP contribution in [0.25, 0.3) is 5.82 Å². The molecule has 17 heavy (non-hydrogen) atoms. The number of aromatic nitrogens is 3. The van der Waals surface area contributed by atoms with E-state index in [-0.39, 0.29) is 5.84 Å². The second-order valence-electron chi connectivity index (χ2n) is 3.43. The van der Waals surface area contributed by atoms with Gasteiger partial charge in [0.15, 0.2) is 5.84 Å². The van der Waals surface area contributed by atoms with Crippen molar-refractivity contribution in [3.8, 4) is 5.82 Å². The molecule has 2 aromatic heterocycles. The van der Waals surface area contributed by atoms with E-state index >= 15 is 0 Å². The molecule has 6 heteroatoms. The van der Waals surface area contributed by atoms with E-state index in [4.69, 9.17) is 10.9 Å². The Morgan fingerprint density at radius 3 is 3.00 bits per heavy atom. The highest BCUT2D eigenvalue weighted by Gasteiger charge is 2.12. The van der Waals surface area contributed by atoms with E-state index < -0.39 is 0 Å². The molecule has 0 amide bonds. The summed E-state index contributed by atoms with van der Waals surface area (Å²) in [5.74, 6) is 1.51. The Bertz CT molecular complexity index is 546. The Hall–Kier alpha value is -2.37. The van der Waals surface area contributed by atoms with Crippen LogP contribution >= 0.6 is 0 Å². The monoisotopic (exact) mass is 231 g/mol. The maximum absolute atomic E-state index is 8.75. The smallest absolute Gasteiger partial charge is 0.173 e. The summed E-state index contributed by atoms with van der Waals surface area (Å²) in [6.45, 7) is 2.00. The molecule has 0 aliphatic heterocycles. The van der Waals surface area contributed by atoms with Crippen molar-refractivity contribution in [1.29, 1.82) is 0 Å². The van der Waals surface area contributed by atoms with Gasteiger partial charge in [-0.1, -0.05) is 12.1 Å². The first-order chi connectivity index (χ1) is 8.27. The highest BCUT2D eigenvalue weighted by atomic mass is 16.4. The maximum atomic E-state index is 8.75. The van der Waals surface area contributed by atoms with Gasteiger partial charge in [0.05, 0.1) is 5.56 Å². The van der Waals surface area contributed by atoms with Crippen molar-refractivity contribution >= 4 is 5.84 Å². The highest BCUT2D eigenvalue weighted by molar-refractivity contribution is 5.99. The Kier molecular flexibility index (Phi) is 3.04. The molecule has 0 aromatic carbocycles. The van der Waals surface area contributed by atoms with E-state index in [9.17, 15) is 0 Å². The Balaban J connectivity index is 2.60. The summed E-state index contributed by atoms with van der Waals surface area (Å²) in [4.78, 5) is 8.47. The van der Waals surface area contributed by atoms with Crippen molar-refractivity contribution in [3.05, 3.63) is 42.1 Å². The molecule has 2 heterocycles. The quantitative estimate of drug-likeness (QED) is 0.356. The van der Waals surface area contributed by atoms with E-state index in [0.29, 0.717) is 11.4 Å². The molecule has 0 bridgehead atoms. The van der Waals surface area contributed by atoms with Crippen LogP contribution in [0.15, 0.2) is 35.9 Å². The van der Waals surface area contributed by atoms with Crippen LogP contribution in [-0.2, 0) is 6.42 Å². The zero-order chi connectivity index (χ0) is 12.3. The molecule has 2 rings (SSSR count). The molecule has 2 aromatic rings. The molecule has 0 spiro atoms. The normalized spacial score (nSPS) is 11.7. The Labute approximate surface area is 98.4 Å². The molecule has 0 aliphatic carbocycles. The van der Waals surface area contributed by atoms with E-state index in [1.54, 1.807) is 30.7 Å². The SMILES string of the molecule is CCc1nccn1-c1ncccc1/C(N)=N/O. The number of hydrogen-bond acceptors (Lipinski definition) is 4. The summed E-state index contributed by atoms with van der Waals surface area (Å²) < 4.78 is 1.83. The second-order valence-corrected chi connectivity index (χ2v) is 3.43. The third kappa shape index (κ3) is 1.96. The van der Waals surface area contributed by atoms with Crippen LogP contribution in [0.3, 0.4) is 0 Å². The van der Waals surface area contributed by atoms with Crippen molar-refractivity contribution in [2.75, 3.05) is 0 Å². The minimum absolute atomic E-state index is 0.0313. The van der Waals surface area contributed by atoms with Gasteiger partial charge in [-0.3, -0.25) is 4.57 Å². The van der Waals surface area contributed by atoms with E-state index in [1.165, 1.54) is 0 Å². The van der Waals surface area contributed by atoms with Crippen molar-refractivity contribution in [2.45, 2.75) is 13.3 Å². The van der Waals surface area contributed by atoms with Crippen LogP contribution in [0.4, 0.5) is 0 Å². The minimum Gasteiger partial charge on any atom is -0.409 e. The van der Waals surface area contributed by atoms with Gasteiger partial charge in [-0.2, -0.15) is 0 Å². The summed E-state index contributed by atoms with van der Waals surface area (Å²) in [7, 11) is 0. The molecule has 6 nitrogen and oxygen atoms in total. The molecular weight excluding hydrogens is 218 g/mol. The van der Waals surface area contributed by atoms with Gasteiger partial charge in [0.1, 0.15) is 11.6 Å². The lowest BCUT2D eigenvalue weighted by Crippen LogP contribution is -2.17. The molecule has 0 fully saturated rings. The van der Waals surface area contributed by atoms with Crippen LogP contribution in [0.5, 0.6) is 0 Å². The third-order valence-corrected chi connectivity index (χ3v) is 2.43. The summed E-state index contributed by atoms with van der Waals surface area (Å²) in [6.07, 6.45) is 5.93. The fourth-order valence-electron chi connectivity index (χ4n) is 1.63. The second kappa shape index (κ2) is 4.65. The Morgan fingerprint density at radius 2 is 2.29 bits per heavy atom. The fourth-order valence-corrected chi connectivity index (χ4v) is 1.63. The van der Waals surface area contributed by atoms with Crippen molar-refractivity contribution in [1.82, 2.24) is 14.5 Å². The van der Waals surface area contributed by atoms with Gasteiger partial charge in [-0.05, 0) is 12.1 Å². The van der Waals surface area contributed by atoms with Gasteiger partial charge < -0.3 is 10.9 Å². The molecule has 0 atom stereocenters. The van der Waals surface area contributed by atoms with Crippen molar-refractivity contribution in [2.24, 2.45) is 10.9 Å². The van der Waals surface area contributed by atoms with Crippen LogP contribution in [0, 0.1) is 0 Å². The van der Waals surface area contributed by atoms with E-state index in [0.717, 1.165) is 12.2 Å². The summed E-state index contributed by atoms with van der Waals surface area (Å²) in [5, 5.41) is 11.8. The lowest BCUT2D eigenvalue weighted by molar-refractivity contribution is 0.318. The van der Waals surface area contributed by atoms with Gasteiger partial charge in [-0.15, -0.1) is 0 Å². The molecule has 3 N–H and O–H groups in total. The van der Waals surface area contributed by atoms with Gasteiger partial charge in [-0.25, -0.2) is 9.97 Å². The van der Waals surface area contributed by atoms with Crippen LogP contribution in [0.2, 0.25) is 0 Å². The predicted molar refractivity (Wildman–Crippen MR) is 63.2 cm³/mol. The lowest BCUT2D eigenvalue weighted by Gasteiger charge is -2.09. The number of hydrogen-bond donors (Lipinski definition) is 2. The first-order valence-electron chi connectivity index (χ1n) is 5.23. The van der Waals surface area contributed by atoms with E-state index in [1.807, 2.05) is 11.5 Å². The standard InChI is InChI=1S/C11H13N5O/c1-2-9-13-6-7-16(9)11-8(10(12)15-17)4-3-5-14-11/h3-7,17H,2H2,1H3,(H2,12,15). The summed E-state index contributed by atoms with van der Waals surface area (Å²) in [5.41, 5.74) is 6.19. The maximum Gasteiger partial charge on any atom is 0.173 e. The summed E-state index contributed by atoms with van der Waals surface area (Å²) in [6, 6.07) is 3.48. The number of imidazole rings is 1. The summed E-state index contributed by atoms with van der Waals surface area (Å²) >= 11 is 0. The zero-order valence-corrected chi connectivity index (χ0v) is 9.41. The van der Waals surface area contributed by atoms with Crippen LogP contribution in [-0.4, -0.2) is 25.6 Å². The number of amidine groups is 1. The number of aryl methyl sites for hydroxylation is 1. The van der Waals surface area contributed by atoms with Crippen molar-refractivity contribution in [3.63, 3.8) is 0 Å². The number of oxime groups is 1. The van der Waals surface area contributed by atoms with Gasteiger partial charge in [0, 0.05) is 25.0 Å². The first-order valence-corrected chi connectivity index (χ1v) is 5.23. The largest absolute Gasteiger partial charge is 0.409 e. The number of nitrogens with two attached hydrogens (primary N) is 1. The lowest BCUT2D eigenvalue weighted by atomic mass is 10.2. The van der Waals surface area contributed by atoms with Crippen molar-refractivity contribution < 1.29 is 5.21 Å². The topological polar surface area (TPSA) is 89.3 Å². The minimum atomic E-state index is 0.0313. The highest BCUT2D eigenvalue weighted by Crippen LogP contribution is 2.13. The average Bonchev–Trinajstić information content (AvgIpc) is 2.86. The van der Waals surface area contributed by atoms with Crippen LogP contribution < -0.4 is 5.73 Å². The molecule has 0 saturated heterocycles. The third-order valence-electron chi connectivity index (χ3n) is 2.43. The van der Waals surface area contributed by atoms with Gasteiger partial charge in [0.25, 0.3) is 0 Å². The molecule has 0 aliphatic rings. The first kappa shape index (κ1) is 11.1. The van der Waals surface area contributed by atoms with Gasteiger partial charge in [0.2, 0.25) is 0 Å². The molecular formula is C11H13N5O. The molecule has 0 unspecified atom stereocenters. The predicted octanol–water partition coefficient (Wildman–Crippen LogP) is 0.924. The molecule has 88 valence electrons. The van der Waals surface area contributed by atoms with E-state index in [2.05, 4.69) is 15.1 Å². The molecule has 0 saturated carbocycles. The van der Waals surface area contributed by atoms with Crippen LogP contribution in [0.1, 0.15) is 18.3 Å². The van der Waals surface area contributed by atoms with Gasteiger partial charge >= 0.3 is 0 Å². The number of nitrogens with zero attached hydrogens (tertiary/aromatic N) is 4. The number of pyridine rings is 1. The average molecular weight is 231 g/mol. The number of rotatable bonds is 3. The molecule has 0 radical (unpaired) electrons.